The monoisotopic (exact) mass is 252 g/mol. The zero-order valence-corrected chi connectivity index (χ0v) is 10.6. The molecule has 0 saturated carbocycles. The van der Waals surface area contributed by atoms with E-state index in [4.69, 9.17) is 29.5 Å². The number of ether oxygens (including phenoxy) is 3. The Balaban J connectivity index is 3.62. The molecule has 0 aliphatic heterocycles. The predicted molar refractivity (Wildman–Crippen MR) is 61.5 cm³/mol. The largest absolute Gasteiger partial charge is 0.396 e. The van der Waals surface area contributed by atoms with Crippen LogP contribution in [0.15, 0.2) is 0 Å². The molecule has 0 spiro atoms. The average Bonchev–Trinajstić information content (AvgIpc) is 2.32. The Kier molecular flexibility index (Phi) is 9.62. The van der Waals surface area contributed by atoms with Crippen LogP contribution in [0.4, 0.5) is 0 Å². The van der Waals surface area contributed by atoms with Crippen molar-refractivity contribution in [2.24, 2.45) is 5.41 Å². The smallest absolute Gasteiger partial charge is 0.180 e. The molecule has 6 nitrogen and oxygen atoms in total. The van der Waals surface area contributed by atoms with Crippen LogP contribution in [0.3, 0.4) is 0 Å². The zero-order chi connectivity index (χ0) is 13.1. The van der Waals surface area contributed by atoms with Gasteiger partial charge in [-0.25, -0.2) is 0 Å². The van der Waals surface area contributed by atoms with Gasteiger partial charge in [-0.1, -0.05) is 13.8 Å². The molecule has 3 N–H and O–H groups in total. The maximum atomic E-state index is 9.03. The SMILES string of the molecule is CC(C)(CO)COC(CO)OCCOCCO. The van der Waals surface area contributed by atoms with Crippen molar-refractivity contribution >= 4 is 0 Å². The second kappa shape index (κ2) is 9.76. The molecule has 0 amide bonds. The third-order valence-electron chi connectivity index (χ3n) is 2.00. The lowest BCUT2D eigenvalue weighted by molar-refractivity contribution is -0.184. The van der Waals surface area contributed by atoms with Gasteiger partial charge in [-0.15, -0.1) is 0 Å². The van der Waals surface area contributed by atoms with Crippen LogP contribution in [0, 0.1) is 5.41 Å². The molecule has 0 heterocycles. The molecule has 0 aromatic rings. The predicted octanol–water partition coefficient (Wildman–Crippen LogP) is -0.635. The van der Waals surface area contributed by atoms with Crippen molar-refractivity contribution in [2.45, 2.75) is 20.1 Å². The summed E-state index contributed by atoms with van der Waals surface area (Å²) in [5.41, 5.74) is -0.357. The van der Waals surface area contributed by atoms with Gasteiger partial charge in [-0.05, 0) is 0 Å². The third-order valence-corrected chi connectivity index (χ3v) is 2.00. The summed E-state index contributed by atoms with van der Waals surface area (Å²) >= 11 is 0. The summed E-state index contributed by atoms with van der Waals surface area (Å²) in [5, 5.41) is 26.5. The molecule has 6 heteroatoms. The average molecular weight is 252 g/mol. The van der Waals surface area contributed by atoms with E-state index in [9.17, 15) is 0 Å². The second-order valence-corrected chi connectivity index (χ2v) is 4.45. The second-order valence-electron chi connectivity index (χ2n) is 4.45. The van der Waals surface area contributed by atoms with Gasteiger partial charge in [0, 0.05) is 5.41 Å². The number of hydrogen-bond acceptors (Lipinski definition) is 6. The van der Waals surface area contributed by atoms with Gasteiger partial charge in [0.05, 0.1) is 46.2 Å². The van der Waals surface area contributed by atoms with E-state index in [1.807, 2.05) is 13.8 Å². The molecule has 17 heavy (non-hydrogen) atoms. The summed E-state index contributed by atoms with van der Waals surface area (Å²) < 4.78 is 15.5. The van der Waals surface area contributed by atoms with Crippen LogP contribution in [0.2, 0.25) is 0 Å². The van der Waals surface area contributed by atoms with E-state index < -0.39 is 6.29 Å². The van der Waals surface area contributed by atoms with Gasteiger partial charge in [0.15, 0.2) is 6.29 Å². The maximum absolute atomic E-state index is 9.03. The standard InChI is InChI=1S/C11H24O6/c1-11(2,8-14)9-17-10(7-13)16-6-5-15-4-3-12/h10,12-14H,3-9H2,1-2H3. The zero-order valence-electron chi connectivity index (χ0n) is 10.6. The molecule has 0 saturated heterocycles. The Labute approximate surface area is 102 Å². The molecule has 0 radical (unpaired) electrons. The topological polar surface area (TPSA) is 88.4 Å². The molecular weight excluding hydrogens is 228 g/mol. The minimum atomic E-state index is -0.710. The summed E-state index contributed by atoms with van der Waals surface area (Å²) in [6, 6.07) is 0. The molecule has 1 atom stereocenters. The van der Waals surface area contributed by atoms with E-state index in [-0.39, 0.29) is 38.4 Å². The molecule has 1 unspecified atom stereocenters. The van der Waals surface area contributed by atoms with Gasteiger partial charge in [0.2, 0.25) is 0 Å². The van der Waals surface area contributed by atoms with Gasteiger partial charge >= 0.3 is 0 Å². The Bertz CT molecular complexity index is 173. The highest BCUT2D eigenvalue weighted by molar-refractivity contribution is 4.65. The van der Waals surface area contributed by atoms with E-state index in [1.165, 1.54) is 0 Å². The summed E-state index contributed by atoms with van der Waals surface area (Å²) in [7, 11) is 0. The molecule has 0 fully saturated rings. The maximum Gasteiger partial charge on any atom is 0.180 e. The van der Waals surface area contributed by atoms with E-state index in [2.05, 4.69) is 0 Å². The fourth-order valence-corrected chi connectivity index (χ4v) is 0.923. The highest BCUT2D eigenvalue weighted by atomic mass is 16.7. The number of hydrogen-bond donors (Lipinski definition) is 3. The summed E-state index contributed by atoms with van der Waals surface area (Å²) in [6.45, 7) is 4.63. The first-order valence-electron chi connectivity index (χ1n) is 5.69. The molecule has 0 aliphatic rings. The van der Waals surface area contributed by atoms with E-state index in [0.29, 0.717) is 13.2 Å². The summed E-state index contributed by atoms with van der Waals surface area (Å²) in [6.07, 6.45) is -0.710. The quantitative estimate of drug-likeness (QED) is 0.335. The van der Waals surface area contributed by atoms with E-state index in [0.717, 1.165) is 0 Å². The Hall–Kier alpha value is -0.240. The summed E-state index contributed by atoms with van der Waals surface area (Å²) in [5.74, 6) is 0. The molecular formula is C11H24O6. The van der Waals surface area contributed by atoms with E-state index >= 15 is 0 Å². The molecule has 0 bridgehead atoms. The number of aliphatic hydroxyl groups excluding tert-OH is 3. The van der Waals surface area contributed by atoms with Crippen LogP contribution in [-0.4, -0.2) is 67.9 Å². The number of rotatable bonds is 11. The fraction of sp³-hybridized carbons (Fsp3) is 1.00. The van der Waals surface area contributed by atoms with Gasteiger partial charge in [0.25, 0.3) is 0 Å². The van der Waals surface area contributed by atoms with Crippen molar-refractivity contribution < 1.29 is 29.5 Å². The van der Waals surface area contributed by atoms with Crippen molar-refractivity contribution in [3.63, 3.8) is 0 Å². The fourth-order valence-electron chi connectivity index (χ4n) is 0.923. The first-order chi connectivity index (χ1) is 8.05. The van der Waals surface area contributed by atoms with Crippen LogP contribution in [0.1, 0.15) is 13.8 Å². The highest BCUT2D eigenvalue weighted by Crippen LogP contribution is 2.14. The molecule has 0 aromatic heterocycles. The van der Waals surface area contributed by atoms with Crippen molar-refractivity contribution in [3.05, 3.63) is 0 Å². The van der Waals surface area contributed by atoms with Gasteiger partial charge in [-0.3, -0.25) is 0 Å². The van der Waals surface area contributed by atoms with Gasteiger partial charge in [-0.2, -0.15) is 0 Å². The third kappa shape index (κ3) is 9.46. The first-order valence-corrected chi connectivity index (χ1v) is 5.69. The van der Waals surface area contributed by atoms with Crippen molar-refractivity contribution in [2.75, 3.05) is 46.2 Å². The van der Waals surface area contributed by atoms with Crippen LogP contribution in [0.25, 0.3) is 0 Å². The van der Waals surface area contributed by atoms with Crippen LogP contribution in [-0.2, 0) is 14.2 Å². The number of aliphatic hydroxyl groups is 3. The Morgan fingerprint density at radius 1 is 1.00 bits per heavy atom. The molecule has 0 aliphatic carbocycles. The lowest BCUT2D eigenvalue weighted by Gasteiger charge is -2.24. The lowest BCUT2D eigenvalue weighted by atomic mass is 9.97. The van der Waals surface area contributed by atoms with E-state index in [1.54, 1.807) is 0 Å². The molecule has 104 valence electrons. The minimum absolute atomic E-state index is 0.00472. The molecule has 0 rings (SSSR count). The van der Waals surface area contributed by atoms with Crippen LogP contribution in [0.5, 0.6) is 0 Å². The first kappa shape index (κ1) is 16.8. The van der Waals surface area contributed by atoms with Crippen molar-refractivity contribution in [3.8, 4) is 0 Å². The highest BCUT2D eigenvalue weighted by Gasteiger charge is 2.19. The normalized spacial score (nSPS) is 13.9. The van der Waals surface area contributed by atoms with Crippen LogP contribution < -0.4 is 0 Å². The molecule has 0 aromatic carbocycles. The van der Waals surface area contributed by atoms with Crippen molar-refractivity contribution in [1.82, 2.24) is 0 Å². The summed E-state index contributed by atoms with van der Waals surface area (Å²) in [4.78, 5) is 0. The Morgan fingerprint density at radius 3 is 2.24 bits per heavy atom. The Morgan fingerprint density at radius 2 is 1.71 bits per heavy atom. The van der Waals surface area contributed by atoms with Crippen LogP contribution >= 0.6 is 0 Å². The lowest BCUT2D eigenvalue weighted by Crippen LogP contribution is -2.31. The van der Waals surface area contributed by atoms with Crippen molar-refractivity contribution in [1.29, 1.82) is 0 Å². The van der Waals surface area contributed by atoms with Gasteiger partial charge in [0.1, 0.15) is 0 Å². The minimum Gasteiger partial charge on any atom is -0.396 e. The van der Waals surface area contributed by atoms with Gasteiger partial charge < -0.3 is 29.5 Å².